The fraction of sp³-hybridized carbons (Fsp3) is 0.115. The number of nitrogens with zero attached hydrogens (tertiary/aromatic N) is 1. The number of nitrogens with one attached hydrogen (secondary N) is 1. The maximum Gasteiger partial charge on any atom is 0.330 e. The highest BCUT2D eigenvalue weighted by Crippen LogP contribution is 2.30. The molecule has 0 heterocycles. The summed E-state index contributed by atoms with van der Waals surface area (Å²) < 4.78 is 15.8. The number of carbonyl (C=O) groups excluding carboxylic acids is 2. The number of esters is 1. The molecule has 0 fully saturated rings. The molecule has 0 bridgehead atoms. The summed E-state index contributed by atoms with van der Waals surface area (Å²) in [5.41, 5.74) is 2.33. The smallest absolute Gasteiger partial charge is 0.330 e. The maximum atomic E-state index is 12.2. The van der Waals surface area contributed by atoms with Crippen molar-refractivity contribution in [1.82, 2.24) is 5.32 Å². The Morgan fingerprint density at radius 2 is 1.64 bits per heavy atom. The zero-order valence-electron chi connectivity index (χ0n) is 18.2. The Morgan fingerprint density at radius 1 is 0.909 bits per heavy atom. The van der Waals surface area contributed by atoms with Gasteiger partial charge in [0, 0.05) is 5.56 Å². The summed E-state index contributed by atoms with van der Waals surface area (Å²) >= 11 is 0. The van der Waals surface area contributed by atoms with Crippen LogP contribution in [0.3, 0.4) is 0 Å². The van der Waals surface area contributed by atoms with Crippen LogP contribution in [0.5, 0.6) is 17.2 Å². The van der Waals surface area contributed by atoms with E-state index >= 15 is 0 Å². The van der Waals surface area contributed by atoms with Gasteiger partial charge in [-0.05, 0) is 65.7 Å². The Bertz CT molecular complexity index is 1200. The second kappa shape index (κ2) is 11.2. The van der Waals surface area contributed by atoms with E-state index < -0.39 is 5.97 Å². The Morgan fingerprint density at radius 3 is 2.27 bits per heavy atom. The second-order valence-corrected chi connectivity index (χ2v) is 6.83. The molecule has 0 atom stereocenters. The number of methoxy groups -OCH3 is 2. The van der Waals surface area contributed by atoms with Crippen molar-refractivity contribution >= 4 is 23.5 Å². The van der Waals surface area contributed by atoms with E-state index in [2.05, 4.69) is 11.4 Å². The van der Waals surface area contributed by atoms with Crippen molar-refractivity contribution in [3.8, 4) is 23.3 Å². The van der Waals surface area contributed by atoms with Gasteiger partial charge in [-0.3, -0.25) is 4.79 Å². The van der Waals surface area contributed by atoms with Crippen LogP contribution in [-0.2, 0) is 4.79 Å². The minimum Gasteiger partial charge on any atom is -0.497 e. The molecule has 0 aliphatic rings. The van der Waals surface area contributed by atoms with Crippen LogP contribution < -0.4 is 19.5 Å². The average molecular weight is 442 g/mol. The largest absolute Gasteiger partial charge is 0.497 e. The van der Waals surface area contributed by atoms with Crippen LogP contribution in [-0.4, -0.2) is 32.6 Å². The molecule has 0 spiro atoms. The first-order valence-electron chi connectivity index (χ1n) is 10.0. The van der Waals surface area contributed by atoms with Gasteiger partial charge in [0.05, 0.1) is 25.9 Å². The zero-order valence-corrected chi connectivity index (χ0v) is 18.2. The van der Waals surface area contributed by atoms with E-state index in [1.807, 2.05) is 0 Å². The van der Waals surface area contributed by atoms with Gasteiger partial charge in [0.25, 0.3) is 5.91 Å². The van der Waals surface area contributed by atoms with Crippen LogP contribution in [0.4, 0.5) is 0 Å². The monoisotopic (exact) mass is 442 g/mol. The normalized spacial score (nSPS) is 10.6. The fourth-order valence-corrected chi connectivity index (χ4v) is 2.98. The topological polar surface area (TPSA) is 97.6 Å². The van der Waals surface area contributed by atoms with Crippen molar-refractivity contribution in [3.05, 3.63) is 89.5 Å². The SMILES string of the molecule is COc1ccc(/C(C#N)=C\c2ccc(OC(=O)CNC(=O)c3ccccc3)c(OC)c2)cc1. The number of hydrogen-bond donors (Lipinski definition) is 1. The third-order valence-electron chi connectivity index (χ3n) is 4.67. The average Bonchev–Trinajstić information content (AvgIpc) is 2.87. The van der Waals surface area contributed by atoms with Gasteiger partial charge in [-0.2, -0.15) is 5.26 Å². The number of nitriles is 1. The molecule has 7 heteroatoms. The van der Waals surface area contributed by atoms with Crippen molar-refractivity contribution in [3.63, 3.8) is 0 Å². The Kier molecular flexibility index (Phi) is 7.81. The summed E-state index contributed by atoms with van der Waals surface area (Å²) in [7, 11) is 3.03. The lowest BCUT2D eigenvalue weighted by Crippen LogP contribution is -2.31. The molecule has 1 N–H and O–H groups in total. The van der Waals surface area contributed by atoms with Crippen LogP contribution in [0.1, 0.15) is 21.5 Å². The standard InChI is InChI=1S/C26H22N2O5/c1-31-22-11-9-19(10-12-22)21(16-27)14-18-8-13-23(24(15-18)32-2)33-25(29)17-28-26(30)20-6-4-3-5-7-20/h3-15H,17H2,1-2H3,(H,28,30)/b21-14-. The molecule has 3 rings (SSSR count). The summed E-state index contributed by atoms with van der Waals surface area (Å²) in [4.78, 5) is 24.3. The van der Waals surface area contributed by atoms with E-state index in [4.69, 9.17) is 14.2 Å². The van der Waals surface area contributed by atoms with Gasteiger partial charge in [0.2, 0.25) is 0 Å². The molecular formula is C26H22N2O5. The van der Waals surface area contributed by atoms with E-state index in [-0.39, 0.29) is 18.2 Å². The van der Waals surface area contributed by atoms with Crippen molar-refractivity contribution in [2.75, 3.05) is 20.8 Å². The minimum atomic E-state index is -0.642. The molecule has 0 radical (unpaired) electrons. The van der Waals surface area contributed by atoms with Crippen LogP contribution >= 0.6 is 0 Å². The summed E-state index contributed by atoms with van der Waals surface area (Å²) in [5.74, 6) is 0.207. The first kappa shape index (κ1) is 23.1. The van der Waals surface area contributed by atoms with Crippen molar-refractivity contribution in [1.29, 1.82) is 5.26 Å². The van der Waals surface area contributed by atoms with E-state index in [1.165, 1.54) is 7.11 Å². The second-order valence-electron chi connectivity index (χ2n) is 6.83. The summed E-state index contributed by atoms with van der Waals surface area (Å²) in [6.07, 6.45) is 1.70. The molecule has 1 amide bonds. The first-order chi connectivity index (χ1) is 16.0. The number of rotatable bonds is 8. The highest BCUT2D eigenvalue weighted by Gasteiger charge is 2.13. The number of carbonyl (C=O) groups is 2. The van der Waals surface area contributed by atoms with Crippen LogP contribution in [0, 0.1) is 11.3 Å². The van der Waals surface area contributed by atoms with E-state index in [0.717, 1.165) is 5.56 Å². The molecule has 3 aromatic carbocycles. The molecular weight excluding hydrogens is 420 g/mol. The highest BCUT2D eigenvalue weighted by molar-refractivity contribution is 5.96. The van der Waals surface area contributed by atoms with Gasteiger partial charge in [0.1, 0.15) is 12.3 Å². The van der Waals surface area contributed by atoms with E-state index in [1.54, 1.807) is 86.0 Å². The maximum absolute atomic E-state index is 12.2. The van der Waals surface area contributed by atoms with Crippen molar-refractivity contribution in [2.24, 2.45) is 0 Å². The van der Waals surface area contributed by atoms with Crippen molar-refractivity contribution in [2.45, 2.75) is 0 Å². The molecule has 0 aromatic heterocycles. The highest BCUT2D eigenvalue weighted by atomic mass is 16.6. The van der Waals surface area contributed by atoms with Gasteiger partial charge in [-0.1, -0.05) is 24.3 Å². The van der Waals surface area contributed by atoms with Crippen LogP contribution in [0.15, 0.2) is 72.8 Å². The summed E-state index contributed by atoms with van der Waals surface area (Å²) in [5, 5.41) is 12.1. The van der Waals surface area contributed by atoms with Gasteiger partial charge in [-0.25, -0.2) is 4.79 Å². The zero-order chi connectivity index (χ0) is 23.6. The lowest BCUT2D eigenvalue weighted by molar-refractivity contribution is -0.133. The van der Waals surface area contributed by atoms with Crippen molar-refractivity contribution < 1.29 is 23.8 Å². The number of ether oxygens (including phenoxy) is 3. The molecule has 0 aliphatic carbocycles. The third-order valence-corrected chi connectivity index (χ3v) is 4.67. The molecule has 7 nitrogen and oxygen atoms in total. The molecule has 166 valence electrons. The third kappa shape index (κ3) is 6.21. The van der Waals surface area contributed by atoms with Gasteiger partial charge < -0.3 is 19.5 Å². The molecule has 0 unspecified atom stereocenters. The van der Waals surface area contributed by atoms with E-state index in [9.17, 15) is 14.9 Å². The Hall–Kier alpha value is -4.57. The predicted octanol–water partition coefficient (Wildman–Crippen LogP) is 4.10. The number of allylic oxidation sites excluding steroid dienone is 1. The Labute approximate surface area is 191 Å². The van der Waals surface area contributed by atoms with Gasteiger partial charge >= 0.3 is 5.97 Å². The van der Waals surface area contributed by atoms with Crippen LogP contribution in [0.25, 0.3) is 11.6 Å². The molecule has 3 aromatic rings. The first-order valence-corrected chi connectivity index (χ1v) is 10.0. The van der Waals surface area contributed by atoms with Gasteiger partial charge in [0.15, 0.2) is 11.5 Å². The summed E-state index contributed by atoms with van der Waals surface area (Å²) in [6.45, 7) is -0.297. The number of hydrogen-bond acceptors (Lipinski definition) is 6. The predicted molar refractivity (Wildman–Crippen MR) is 124 cm³/mol. The molecule has 0 saturated carbocycles. The van der Waals surface area contributed by atoms with Crippen LogP contribution in [0.2, 0.25) is 0 Å². The minimum absolute atomic E-state index is 0.205. The van der Waals surface area contributed by atoms with E-state index in [0.29, 0.717) is 28.2 Å². The molecule has 0 aliphatic heterocycles. The lowest BCUT2D eigenvalue weighted by Gasteiger charge is -2.11. The number of benzene rings is 3. The quantitative estimate of drug-likeness (QED) is 0.244. The lowest BCUT2D eigenvalue weighted by atomic mass is 10.0. The van der Waals surface area contributed by atoms with Gasteiger partial charge in [-0.15, -0.1) is 0 Å². The summed E-state index contributed by atoms with van der Waals surface area (Å²) in [6, 6.07) is 22.8. The molecule has 0 saturated heterocycles. The fourth-order valence-electron chi connectivity index (χ4n) is 2.98. The number of amides is 1. The Balaban J connectivity index is 1.69. The molecule has 33 heavy (non-hydrogen) atoms.